The van der Waals surface area contributed by atoms with Gasteiger partial charge in [0.1, 0.15) is 17.3 Å². The number of halogens is 2. The van der Waals surface area contributed by atoms with Crippen molar-refractivity contribution in [2.45, 2.75) is 25.1 Å². The van der Waals surface area contributed by atoms with Crippen LogP contribution >= 0.6 is 0 Å². The molecule has 0 bridgehead atoms. The van der Waals surface area contributed by atoms with E-state index in [1.165, 1.54) is 44.3 Å². The Hall–Kier alpha value is -3.54. The van der Waals surface area contributed by atoms with Crippen molar-refractivity contribution >= 4 is 16.9 Å². The van der Waals surface area contributed by atoms with Crippen molar-refractivity contribution in [3.63, 3.8) is 0 Å². The smallest absolute Gasteiger partial charge is 0.189 e. The van der Waals surface area contributed by atoms with E-state index in [2.05, 4.69) is 15.1 Å². The molecule has 0 aliphatic rings. The molecule has 1 atom stereocenters. The Kier molecular flexibility index (Phi) is 6.98. The van der Waals surface area contributed by atoms with E-state index in [1.807, 2.05) is 25.1 Å². The third-order valence-corrected chi connectivity index (χ3v) is 6.74. The van der Waals surface area contributed by atoms with Crippen molar-refractivity contribution in [3.05, 3.63) is 71.4 Å². The predicted molar refractivity (Wildman–Crippen MR) is 132 cm³/mol. The van der Waals surface area contributed by atoms with Crippen LogP contribution in [0.25, 0.3) is 34.0 Å². The Labute approximate surface area is 209 Å². The normalized spacial score (nSPS) is 12.8. The summed E-state index contributed by atoms with van der Waals surface area (Å²) in [5, 5.41) is 3.96. The second-order valence-corrected chi connectivity index (χ2v) is 10.5. The fourth-order valence-corrected chi connectivity index (χ4v) is 4.06. The highest BCUT2D eigenvalue weighted by atomic mass is 32.2. The summed E-state index contributed by atoms with van der Waals surface area (Å²) in [5.74, 6) is -0.937. The Morgan fingerprint density at radius 3 is 2.47 bits per heavy atom. The van der Waals surface area contributed by atoms with Crippen LogP contribution in [0.1, 0.15) is 25.0 Å². The van der Waals surface area contributed by atoms with Crippen LogP contribution in [0, 0.1) is 11.6 Å². The lowest BCUT2D eigenvalue weighted by Crippen LogP contribution is -2.24. The van der Waals surface area contributed by atoms with Crippen LogP contribution in [-0.4, -0.2) is 42.9 Å². The van der Waals surface area contributed by atoms with Gasteiger partial charge in [0.2, 0.25) is 0 Å². The Balaban J connectivity index is 1.67. The first-order chi connectivity index (χ1) is 17.0. The molecule has 188 valence electrons. The molecule has 2 aromatic heterocycles. The lowest BCUT2D eigenvalue weighted by Gasteiger charge is -2.28. The minimum atomic E-state index is -2.52. The van der Waals surface area contributed by atoms with Gasteiger partial charge in [0.15, 0.2) is 17.3 Å². The zero-order chi connectivity index (χ0) is 26.2. The predicted octanol–water partition coefficient (Wildman–Crippen LogP) is 4.50. The molecule has 0 saturated heterocycles. The van der Waals surface area contributed by atoms with Gasteiger partial charge in [-0.25, -0.2) is 18.7 Å². The van der Waals surface area contributed by atoms with Crippen LogP contribution in [-0.2, 0) is 22.4 Å². The Morgan fingerprint density at radius 1 is 1.08 bits per heavy atom. The number of benzene rings is 2. The van der Waals surface area contributed by atoms with Gasteiger partial charge in [0, 0.05) is 29.3 Å². The summed E-state index contributed by atoms with van der Waals surface area (Å²) in [4.78, 5) is 10.5. The zero-order valence-electron chi connectivity index (χ0n) is 20.1. The van der Waals surface area contributed by atoms with Crippen LogP contribution < -0.4 is 5.73 Å². The maximum atomic E-state index is 14.8. The molecule has 0 aliphatic heterocycles. The van der Waals surface area contributed by atoms with Crippen LogP contribution in [0.4, 0.5) is 14.6 Å². The Morgan fingerprint density at radius 2 is 1.83 bits per heavy atom. The number of anilines is 1. The summed E-state index contributed by atoms with van der Waals surface area (Å²) in [6.07, 6.45) is 1.37. The molecular weight excluding hydrogens is 488 g/mol. The summed E-state index contributed by atoms with van der Waals surface area (Å²) < 4.78 is 56.5. The van der Waals surface area contributed by atoms with Gasteiger partial charge >= 0.3 is 0 Å². The first kappa shape index (κ1) is 25.5. The van der Waals surface area contributed by atoms with Crippen LogP contribution in [0.3, 0.4) is 0 Å². The molecular formula is C25H24F2N5O3S-. The van der Waals surface area contributed by atoms with Crippen LogP contribution in [0.15, 0.2) is 53.2 Å². The quantitative estimate of drug-likeness (QED) is 0.359. The van der Waals surface area contributed by atoms with E-state index in [1.54, 1.807) is 12.1 Å². The minimum Gasteiger partial charge on any atom is -0.772 e. The Bertz CT molecular complexity index is 1460. The molecule has 4 rings (SSSR count). The summed E-state index contributed by atoms with van der Waals surface area (Å²) in [6, 6.07) is 10.5. The summed E-state index contributed by atoms with van der Waals surface area (Å²) >= 11 is -2.52. The molecule has 0 saturated carbocycles. The van der Waals surface area contributed by atoms with E-state index >= 15 is 0 Å². The number of hydrogen-bond donors (Lipinski definition) is 1. The third-order valence-electron chi connectivity index (χ3n) is 5.68. The molecule has 2 N–H and O–H groups in total. The largest absolute Gasteiger partial charge is 0.772 e. The first-order valence-electron chi connectivity index (χ1n) is 10.9. The standard InChI is InChI=1S/C25H25F2N5O3S/c1-25(2,36(33)34)17-8-6-15(10-19(17)27)21-12-29-24(28)23(30-21)22-11-20(31-35-22)16-7-5-14(9-18(16)26)13-32(3)4/h5-12H,13H2,1-4H3,(H2,28,29)(H,33,34)/p-1. The zero-order valence-corrected chi connectivity index (χ0v) is 20.9. The SMILES string of the molecule is CN(C)Cc1ccc(-c2cc(-c3nc(-c4ccc(C(C)(C)S(=O)[O-])c(F)c4)cnc3N)on2)c(F)c1. The average Bonchev–Trinajstić information content (AvgIpc) is 3.28. The van der Waals surface area contributed by atoms with Crippen LogP contribution in [0.2, 0.25) is 0 Å². The van der Waals surface area contributed by atoms with Gasteiger partial charge in [-0.2, -0.15) is 0 Å². The second kappa shape index (κ2) is 9.84. The van der Waals surface area contributed by atoms with Gasteiger partial charge in [0.05, 0.1) is 16.6 Å². The lowest BCUT2D eigenvalue weighted by atomic mass is 9.99. The fraction of sp³-hybridized carbons (Fsp3) is 0.240. The summed E-state index contributed by atoms with van der Waals surface area (Å²) in [6.45, 7) is 3.42. The highest BCUT2D eigenvalue weighted by Crippen LogP contribution is 2.33. The van der Waals surface area contributed by atoms with Gasteiger partial charge in [-0.3, -0.25) is 4.21 Å². The monoisotopic (exact) mass is 512 g/mol. The molecule has 36 heavy (non-hydrogen) atoms. The van der Waals surface area contributed by atoms with Crippen molar-refractivity contribution in [1.82, 2.24) is 20.0 Å². The number of aromatic nitrogens is 3. The van der Waals surface area contributed by atoms with E-state index in [4.69, 9.17) is 10.3 Å². The van der Waals surface area contributed by atoms with Gasteiger partial charge in [-0.15, -0.1) is 0 Å². The van der Waals surface area contributed by atoms with Gasteiger partial charge in [-0.1, -0.05) is 23.4 Å². The van der Waals surface area contributed by atoms with Gasteiger partial charge < -0.3 is 19.7 Å². The number of nitrogens with two attached hydrogens (primary N) is 1. The minimum absolute atomic E-state index is 0.0294. The molecule has 0 aliphatic carbocycles. The maximum absolute atomic E-state index is 14.8. The van der Waals surface area contributed by atoms with Crippen molar-refractivity contribution < 1.29 is 22.1 Å². The van der Waals surface area contributed by atoms with E-state index in [0.29, 0.717) is 12.1 Å². The topological polar surface area (TPSA) is 121 Å². The number of nitrogens with zero attached hydrogens (tertiary/aromatic N) is 4. The van der Waals surface area contributed by atoms with E-state index in [0.717, 1.165) is 5.56 Å². The summed E-state index contributed by atoms with van der Waals surface area (Å²) in [5.41, 5.74) is 8.16. The van der Waals surface area contributed by atoms with Gasteiger partial charge in [0.25, 0.3) is 0 Å². The molecule has 1 unspecified atom stereocenters. The first-order valence-corrected chi connectivity index (χ1v) is 12.0. The molecule has 0 fully saturated rings. The molecule has 0 spiro atoms. The molecule has 11 heteroatoms. The highest BCUT2D eigenvalue weighted by molar-refractivity contribution is 7.80. The van der Waals surface area contributed by atoms with Crippen molar-refractivity contribution in [2.24, 2.45) is 0 Å². The van der Waals surface area contributed by atoms with Crippen molar-refractivity contribution in [3.8, 4) is 34.0 Å². The average molecular weight is 513 g/mol. The molecule has 8 nitrogen and oxygen atoms in total. The lowest BCUT2D eigenvalue weighted by molar-refractivity contribution is 0.401. The molecule has 0 radical (unpaired) electrons. The third kappa shape index (κ3) is 5.03. The van der Waals surface area contributed by atoms with E-state index in [9.17, 15) is 17.5 Å². The summed E-state index contributed by atoms with van der Waals surface area (Å²) in [7, 11) is 3.79. The number of nitrogen functional groups attached to an aromatic ring is 1. The molecule has 2 aromatic carbocycles. The molecule has 2 heterocycles. The maximum Gasteiger partial charge on any atom is 0.189 e. The number of hydrogen-bond acceptors (Lipinski definition) is 8. The van der Waals surface area contributed by atoms with Crippen LogP contribution in [0.5, 0.6) is 0 Å². The van der Waals surface area contributed by atoms with Crippen molar-refractivity contribution in [1.29, 1.82) is 0 Å². The molecule has 4 aromatic rings. The van der Waals surface area contributed by atoms with E-state index < -0.39 is 27.5 Å². The van der Waals surface area contributed by atoms with E-state index in [-0.39, 0.29) is 39.8 Å². The molecule has 0 amide bonds. The van der Waals surface area contributed by atoms with Crippen molar-refractivity contribution in [2.75, 3.05) is 19.8 Å². The second-order valence-electron chi connectivity index (χ2n) is 9.06. The fourth-order valence-electron chi connectivity index (χ4n) is 3.71. The highest BCUT2D eigenvalue weighted by Gasteiger charge is 2.26. The number of rotatable bonds is 7. The van der Waals surface area contributed by atoms with Gasteiger partial charge in [-0.05, 0) is 62.8 Å².